The largest absolute Gasteiger partial charge is 0.461 e. The van der Waals surface area contributed by atoms with Crippen molar-refractivity contribution in [1.82, 2.24) is 9.78 Å². The molecule has 0 bridgehead atoms. The first kappa shape index (κ1) is 21.4. The van der Waals surface area contributed by atoms with Crippen LogP contribution in [0.3, 0.4) is 0 Å². The lowest BCUT2D eigenvalue weighted by molar-refractivity contribution is -0.385. The molecule has 0 atom stereocenters. The maximum absolute atomic E-state index is 12.8. The number of nitrogens with zero attached hydrogens (tertiary/aromatic N) is 3. The normalized spacial score (nSPS) is 10.4. The Kier molecular flexibility index (Phi) is 6.20. The van der Waals surface area contributed by atoms with Crippen LogP contribution in [-0.2, 0) is 4.74 Å². The van der Waals surface area contributed by atoms with Gasteiger partial charge in [-0.1, -0.05) is 24.3 Å². The number of para-hydroxylation sites is 1. The molecule has 158 valence electrons. The smallest absolute Gasteiger partial charge is 0.360 e. The number of nitro benzene ring substituents is 1. The number of aromatic nitrogens is 2. The van der Waals surface area contributed by atoms with Crippen LogP contribution in [0.4, 0.5) is 11.4 Å². The quantitative estimate of drug-likeness (QED) is 0.367. The molecule has 0 radical (unpaired) electrons. The molecule has 0 aliphatic heterocycles. The Labute approximate surface area is 176 Å². The van der Waals surface area contributed by atoms with Crippen molar-refractivity contribution in [2.45, 2.75) is 13.8 Å². The number of amides is 1. The van der Waals surface area contributed by atoms with Gasteiger partial charge in [0.1, 0.15) is 0 Å². The maximum Gasteiger partial charge on any atom is 0.360 e. The molecule has 1 heterocycles. The lowest BCUT2D eigenvalue weighted by atomic mass is 10.1. The Morgan fingerprint density at radius 1 is 1.16 bits per heavy atom. The van der Waals surface area contributed by atoms with E-state index in [1.165, 1.54) is 25.1 Å². The van der Waals surface area contributed by atoms with Crippen LogP contribution in [0.15, 0.2) is 59.4 Å². The van der Waals surface area contributed by atoms with E-state index < -0.39 is 22.4 Å². The SMILES string of the molecule is CCOC(=O)c1nn(-c2ccccc2)c(=O)cc1NC(=O)c1cccc([N+](=O)[O-])c1C. The van der Waals surface area contributed by atoms with E-state index in [-0.39, 0.29) is 34.8 Å². The number of ether oxygens (including phenoxy) is 1. The first-order chi connectivity index (χ1) is 14.8. The van der Waals surface area contributed by atoms with Crippen molar-refractivity contribution in [1.29, 1.82) is 0 Å². The molecule has 2 aromatic carbocycles. The number of hydrogen-bond acceptors (Lipinski definition) is 7. The van der Waals surface area contributed by atoms with Gasteiger partial charge in [0.05, 0.1) is 22.9 Å². The number of esters is 1. The van der Waals surface area contributed by atoms with Crippen LogP contribution in [0, 0.1) is 17.0 Å². The maximum atomic E-state index is 12.8. The van der Waals surface area contributed by atoms with Crippen molar-refractivity contribution in [3.63, 3.8) is 0 Å². The molecule has 3 rings (SSSR count). The fourth-order valence-electron chi connectivity index (χ4n) is 2.91. The molecule has 0 aliphatic carbocycles. The summed E-state index contributed by atoms with van der Waals surface area (Å²) in [6.45, 7) is 3.10. The monoisotopic (exact) mass is 422 g/mol. The van der Waals surface area contributed by atoms with Crippen LogP contribution < -0.4 is 10.9 Å². The summed E-state index contributed by atoms with van der Waals surface area (Å²) in [5.74, 6) is -1.57. The van der Waals surface area contributed by atoms with Gasteiger partial charge in [-0.2, -0.15) is 9.78 Å². The van der Waals surface area contributed by atoms with Gasteiger partial charge in [0, 0.05) is 23.3 Å². The number of anilines is 1. The number of carbonyl (C=O) groups excluding carboxylic acids is 2. The lowest BCUT2D eigenvalue weighted by Gasteiger charge is -2.13. The Morgan fingerprint density at radius 2 is 1.87 bits per heavy atom. The fourth-order valence-corrected chi connectivity index (χ4v) is 2.91. The van der Waals surface area contributed by atoms with E-state index in [1.54, 1.807) is 37.3 Å². The molecule has 10 heteroatoms. The second kappa shape index (κ2) is 8.99. The number of hydrogen-bond donors (Lipinski definition) is 1. The first-order valence-electron chi connectivity index (χ1n) is 9.25. The third-order valence-electron chi connectivity index (χ3n) is 4.40. The minimum Gasteiger partial charge on any atom is -0.461 e. The van der Waals surface area contributed by atoms with E-state index in [0.29, 0.717) is 5.69 Å². The van der Waals surface area contributed by atoms with Crippen molar-refractivity contribution < 1.29 is 19.2 Å². The standard InChI is InChI=1S/C21H18N4O6/c1-3-31-21(28)19-16(12-18(26)24(23-19)14-8-5-4-6-9-14)22-20(27)15-10-7-11-17(13(15)2)25(29)30/h4-12H,3H2,1-2H3,(H,22,27). The van der Waals surface area contributed by atoms with Crippen LogP contribution in [0.2, 0.25) is 0 Å². The minimum atomic E-state index is -0.835. The number of rotatable bonds is 6. The summed E-state index contributed by atoms with van der Waals surface area (Å²) in [5.41, 5.74) is -0.663. The van der Waals surface area contributed by atoms with E-state index in [1.807, 2.05) is 0 Å². The van der Waals surface area contributed by atoms with Gasteiger partial charge in [-0.25, -0.2) is 4.79 Å². The van der Waals surface area contributed by atoms with Crippen molar-refractivity contribution in [2.24, 2.45) is 0 Å². The van der Waals surface area contributed by atoms with E-state index in [2.05, 4.69) is 10.4 Å². The predicted octanol–water partition coefficient (Wildman–Crippen LogP) is 2.88. The molecule has 0 spiro atoms. The molecule has 3 aromatic rings. The number of nitrogens with one attached hydrogen (secondary N) is 1. The van der Waals surface area contributed by atoms with E-state index in [4.69, 9.17) is 4.74 Å². The zero-order chi connectivity index (χ0) is 22.5. The van der Waals surface area contributed by atoms with Crippen LogP contribution in [0.1, 0.15) is 33.3 Å². The van der Waals surface area contributed by atoms with Crippen LogP contribution in [0.5, 0.6) is 0 Å². The number of carbonyl (C=O) groups is 2. The molecule has 0 aliphatic rings. The van der Waals surface area contributed by atoms with Crippen molar-refractivity contribution in [2.75, 3.05) is 11.9 Å². The molecule has 1 N–H and O–H groups in total. The minimum absolute atomic E-state index is 0.0243. The predicted molar refractivity (Wildman–Crippen MR) is 112 cm³/mol. The van der Waals surface area contributed by atoms with E-state index in [9.17, 15) is 24.5 Å². The van der Waals surface area contributed by atoms with Crippen molar-refractivity contribution in [3.8, 4) is 5.69 Å². The molecule has 31 heavy (non-hydrogen) atoms. The van der Waals surface area contributed by atoms with Crippen molar-refractivity contribution in [3.05, 3.63) is 91.9 Å². The average Bonchev–Trinajstić information content (AvgIpc) is 2.74. The summed E-state index contributed by atoms with van der Waals surface area (Å²) in [5, 5.41) is 17.7. The Balaban J connectivity index is 2.06. The zero-order valence-electron chi connectivity index (χ0n) is 16.7. The van der Waals surface area contributed by atoms with Gasteiger partial charge < -0.3 is 10.1 Å². The Hall–Kier alpha value is -4.34. The highest BCUT2D eigenvalue weighted by molar-refractivity contribution is 6.08. The molecule has 0 saturated carbocycles. The second-order valence-corrected chi connectivity index (χ2v) is 6.37. The molecule has 0 saturated heterocycles. The lowest BCUT2D eigenvalue weighted by Crippen LogP contribution is -2.27. The van der Waals surface area contributed by atoms with Gasteiger partial charge in [0.15, 0.2) is 5.69 Å². The summed E-state index contributed by atoms with van der Waals surface area (Å²) < 4.78 is 6.02. The van der Waals surface area contributed by atoms with Gasteiger partial charge >= 0.3 is 5.97 Å². The Morgan fingerprint density at radius 3 is 2.52 bits per heavy atom. The molecule has 0 fully saturated rings. The van der Waals surface area contributed by atoms with Gasteiger partial charge in [-0.15, -0.1) is 0 Å². The highest BCUT2D eigenvalue weighted by Gasteiger charge is 2.23. The van der Waals surface area contributed by atoms with Crippen LogP contribution >= 0.6 is 0 Å². The second-order valence-electron chi connectivity index (χ2n) is 6.37. The Bertz CT molecular complexity index is 1220. The van der Waals surface area contributed by atoms with Crippen LogP contribution in [0.25, 0.3) is 5.69 Å². The van der Waals surface area contributed by atoms with Gasteiger partial charge in [0.25, 0.3) is 17.2 Å². The topological polar surface area (TPSA) is 133 Å². The summed E-state index contributed by atoms with van der Waals surface area (Å²) >= 11 is 0. The molecule has 0 unspecified atom stereocenters. The summed E-state index contributed by atoms with van der Waals surface area (Å²) in [6, 6.07) is 13.5. The summed E-state index contributed by atoms with van der Waals surface area (Å²) in [4.78, 5) is 48.4. The highest BCUT2D eigenvalue weighted by Crippen LogP contribution is 2.23. The highest BCUT2D eigenvalue weighted by atomic mass is 16.6. The molecule has 1 aromatic heterocycles. The van der Waals surface area contributed by atoms with E-state index in [0.717, 1.165) is 10.7 Å². The van der Waals surface area contributed by atoms with Gasteiger partial charge in [-0.3, -0.25) is 19.7 Å². The molecular weight excluding hydrogens is 404 g/mol. The van der Waals surface area contributed by atoms with Crippen LogP contribution in [-0.4, -0.2) is 33.2 Å². The zero-order valence-corrected chi connectivity index (χ0v) is 16.7. The van der Waals surface area contributed by atoms with E-state index >= 15 is 0 Å². The number of nitro groups is 1. The summed E-state index contributed by atoms with van der Waals surface area (Å²) in [7, 11) is 0. The third kappa shape index (κ3) is 4.47. The molecule has 10 nitrogen and oxygen atoms in total. The fraction of sp³-hybridized carbons (Fsp3) is 0.143. The average molecular weight is 422 g/mol. The number of benzene rings is 2. The molecule has 1 amide bonds. The first-order valence-corrected chi connectivity index (χ1v) is 9.25. The summed E-state index contributed by atoms with van der Waals surface area (Å²) in [6.07, 6.45) is 0. The molecular formula is C21H18N4O6. The van der Waals surface area contributed by atoms with Gasteiger partial charge in [0.2, 0.25) is 0 Å². The van der Waals surface area contributed by atoms with Crippen molar-refractivity contribution >= 4 is 23.3 Å². The third-order valence-corrected chi connectivity index (χ3v) is 4.40. The van der Waals surface area contributed by atoms with Gasteiger partial charge in [-0.05, 0) is 32.0 Å².